The van der Waals surface area contributed by atoms with E-state index >= 15 is 0 Å². The second-order valence-electron chi connectivity index (χ2n) is 4.52. The maximum absolute atomic E-state index is 12.4. The van der Waals surface area contributed by atoms with E-state index in [2.05, 4.69) is 18.5 Å². The third-order valence-electron chi connectivity index (χ3n) is 3.06. The Balaban J connectivity index is 2.96. The smallest absolute Gasteiger partial charge is 0.255 e. The average molecular weight is 266 g/mol. The molecule has 0 heterocycles. The van der Waals surface area contributed by atoms with Gasteiger partial charge in [-0.15, -0.1) is 0 Å². The molecule has 100 valence electrons. The largest absolute Gasteiger partial charge is 0.387 e. The van der Waals surface area contributed by atoms with Gasteiger partial charge < -0.3 is 10.2 Å². The lowest BCUT2D eigenvalue weighted by molar-refractivity contribution is 0.0758. The molecule has 0 saturated heterocycles. The molecule has 1 atom stereocenters. The Morgan fingerprint density at radius 1 is 1.50 bits per heavy atom. The van der Waals surface area contributed by atoms with Gasteiger partial charge in [0.05, 0.1) is 5.56 Å². The third-order valence-corrected chi connectivity index (χ3v) is 3.88. The maximum atomic E-state index is 12.4. The van der Waals surface area contributed by atoms with Gasteiger partial charge in [-0.2, -0.15) is 11.8 Å². The van der Waals surface area contributed by atoms with Crippen LogP contribution in [0.25, 0.3) is 0 Å². The maximum Gasteiger partial charge on any atom is 0.255 e. The van der Waals surface area contributed by atoms with Crippen molar-refractivity contribution in [1.29, 1.82) is 0 Å². The Labute approximate surface area is 114 Å². The number of benzene rings is 1. The second-order valence-corrected chi connectivity index (χ2v) is 5.43. The van der Waals surface area contributed by atoms with Crippen molar-refractivity contribution in [2.45, 2.75) is 19.9 Å². The zero-order valence-corrected chi connectivity index (χ0v) is 12.6. The van der Waals surface area contributed by atoms with Crippen LogP contribution < -0.4 is 5.32 Å². The van der Waals surface area contributed by atoms with E-state index in [1.807, 2.05) is 44.1 Å². The van der Waals surface area contributed by atoms with Crippen LogP contribution in [-0.4, -0.2) is 43.0 Å². The van der Waals surface area contributed by atoms with Crippen molar-refractivity contribution in [3.05, 3.63) is 29.3 Å². The number of anilines is 1. The molecule has 0 aliphatic rings. The van der Waals surface area contributed by atoms with Gasteiger partial charge in [0.1, 0.15) is 0 Å². The standard InChI is InChI=1S/C14H22N2OS/c1-10-6-7-12(13(8-10)15-3)14(17)16(4)11(2)9-18-5/h6-8,11,15H,9H2,1-5H3. The summed E-state index contributed by atoms with van der Waals surface area (Å²) in [6.07, 6.45) is 2.06. The fraction of sp³-hybridized carbons (Fsp3) is 0.500. The van der Waals surface area contributed by atoms with Crippen molar-refractivity contribution in [3.63, 3.8) is 0 Å². The van der Waals surface area contributed by atoms with Crippen LogP contribution in [0.4, 0.5) is 5.69 Å². The molecule has 0 fully saturated rings. The van der Waals surface area contributed by atoms with Gasteiger partial charge in [0.25, 0.3) is 5.91 Å². The minimum Gasteiger partial charge on any atom is -0.387 e. The zero-order chi connectivity index (χ0) is 13.7. The van der Waals surface area contributed by atoms with E-state index in [-0.39, 0.29) is 11.9 Å². The van der Waals surface area contributed by atoms with Crippen LogP contribution in [0.1, 0.15) is 22.8 Å². The number of nitrogens with zero attached hydrogens (tertiary/aromatic N) is 1. The van der Waals surface area contributed by atoms with Crippen molar-refractivity contribution in [2.24, 2.45) is 0 Å². The SMILES string of the molecule is CNc1cc(C)ccc1C(=O)N(C)C(C)CSC. The molecule has 1 N–H and O–H groups in total. The van der Waals surface area contributed by atoms with Gasteiger partial charge in [0.2, 0.25) is 0 Å². The summed E-state index contributed by atoms with van der Waals surface area (Å²) in [7, 11) is 3.71. The Kier molecular flexibility index (Phi) is 5.54. The summed E-state index contributed by atoms with van der Waals surface area (Å²) < 4.78 is 0. The monoisotopic (exact) mass is 266 g/mol. The number of carbonyl (C=O) groups excluding carboxylic acids is 1. The number of hydrogen-bond acceptors (Lipinski definition) is 3. The molecular formula is C14H22N2OS. The predicted molar refractivity (Wildman–Crippen MR) is 80.7 cm³/mol. The first-order valence-electron chi connectivity index (χ1n) is 6.05. The quantitative estimate of drug-likeness (QED) is 0.889. The lowest BCUT2D eigenvalue weighted by Gasteiger charge is -2.25. The van der Waals surface area contributed by atoms with Crippen LogP contribution >= 0.6 is 11.8 Å². The molecule has 0 radical (unpaired) electrons. The number of nitrogens with one attached hydrogen (secondary N) is 1. The first kappa shape index (κ1) is 14.9. The van der Waals surface area contributed by atoms with Crippen LogP contribution in [-0.2, 0) is 0 Å². The van der Waals surface area contributed by atoms with Crippen molar-refractivity contribution in [2.75, 3.05) is 31.4 Å². The summed E-state index contributed by atoms with van der Waals surface area (Å²) in [6, 6.07) is 6.10. The molecule has 1 aromatic rings. The van der Waals surface area contributed by atoms with Crippen LogP contribution in [0.15, 0.2) is 18.2 Å². The van der Waals surface area contributed by atoms with E-state index in [0.717, 1.165) is 22.6 Å². The molecule has 1 aromatic carbocycles. The van der Waals surface area contributed by atoms with Gasteiger partial charge in [0, 0.05) is 31.6 Å². The topological polar surface area (TPSA) is 32.3 Å². The molecule has 1 rings (SSSR count). The first-order valence-corrected chi connectivity index (χ1v) is 7.45. The molecule has 0 saturated carbocycles. The van der Waals surface area contributed by atoms with E-state index in [1.165, 1.54) is 0 Å². The second kappa shape index (κ2) is 6.69. The molecule has 0 aromatic heterocycles. The fourth-order valence-corrected chi connectivity index (χ4v) is 2.50. The van der Waals surface area contributed by atoms with Crippen molar-refractivity contribution >= 4 is 23.4 Å². The molecule has 1 unspecified atom stereocenters. The van der Waals surface area contributed by atoms with Gasteiger partial charge >= 0.3 is 0 Å². The molecule has 0 aliphatic heterocycles. The number of rotatable bonds is 5. The number of thioether (sulfide) groups is 1. The minimum absolute atomic E-state index is 0.0703. The summed E-state index contributed by atoms with van der Waals surface area (Å²) in [5.41, 5.74) is 2.78. The first-order chi connectivity index (χ1) is 8.51. The number of hydrogen-bond donors (Lipinski definition) is 1. The van der Waals surface area contributed by atoms with Crippen molar-refractivity contribution in [1.82, 2.24) is 4.90 Å². The molecule has 0 bridgehead atoms. The molecule has 1 amide bonds. The van der Waals surface area contributed by atoms with Gasteiger partial charge in [-0.1, -0.05) is 6.07 Å². The van der Waals surface area contributed by atoms with E-state index in [1.54, 1.807) is 11.8 Å². The number of amides is 1. The summed E-state index contributed by atoms with van der Waals surface area (Å²) in [5, 5.41) is 3.09. The lowest BCUT2D eigenvalue weighted by atomic mass is 10.1. The van der Waals surface area contributed by atoms with E-state index < -0.39 is 0 Å². The van der Waals surface area contributed by atoms with E-state index in [4.69, 9.17) is 0 Å². The highest BCUT2D eigenvalue weighted by Crippen LogP contribution is 2.19. The average Bonchev–Trinajstić information content (AvgIpc) is 2.37. The van der Waals surface area contributed by atoms with Gasteiger partial charge in [-0.25, -0.2) is 0 Å². The Morgan fingerprint density at radius 2 is 2.17 bits per heavy atom. The lowest BCUT2D eigenvalue weighted by Crippen LogP contribution is -2.36. The molecule has 0 aliphatic carbocycles. The van der Waals surface area contributed by atoms with Crippen molar-refractivity contribution < 1.29 is 4.79 Å². The highest BCUT2D eigenvalue weighted by Gasteiger charge is 2.19. The fourth-order valence-electron chi connectivity index (χ4n) is 1.79. The molecule has 4 heteroatoms. The highest BCUT2D eigenvalue weighted by molar-refractivity contribution is 7.98. The third kappa shape index (κ3) is 3.42. The van der Waals surface area contributed by atoms with Crippen LogP contribution in [0.2, 0.25) is 0 Å². The molecule has 3 nitrogen and oxygen atoms in total. The van der Waals surface area contributed by atoms with E-state index in [9.17, 15) is 4.79 Å². The summed E-state index contributed by atoms with van der Waals surface area (Å²) in [5.74, 6) is 1.02. The van der Waals surface area contributed by atoms with Crippen LogP contribution in [0.5, 0.6) is 0 Å². The van der Waals surface area contributed by atoms with Gasteiger partial charge in [-0.05, 0) is 37.8 Å². The summed E-state index contributed by atoms with van der Waals surface area (Å²) >= 11 is 1.75. The molecule has 18 heavy (non-hydrogen) atoms. The van der Waals surface area contributed by atoms with Crippen LogP contribution in [0.3, 0.4) is 0 Å². The molecular weight excluding hydrogens is 244 g/mol. The Hall–Kier alpha value is -1.16. The van der Waals surface area contributed by atoms with Gasteiger partial charge in [0.15, 0.2) is 0 Å². The van der Waals surface area contributed by atoms with Crippen LogP contribution in [0, 0.1) is 6.92 Å². The Bertz CT molecular complexity index is 420. The minimum atomic E-state index is 0.0703. The molecule has 0 spiro atoms. The number of aryl methyl sites for hydroxylation is 1. The summed E-state index contributed by atoms with van der Waals surface area (Å²) in [6.45, 7) is 4.09. The zero-order valence-electron chi connectivity index (χ0n) is 11.8. The Morgan fingerprint density at radius 3 is 2.72 bits per heavy atom. The van der Waals surface area contributed by atoms with E-state index in [0.29, 0.717) is 0 Å². The highest BCUT2D eigenvalue weighted by atomic mass is 32.2. The normalized spacial score (nSPS) is 12.1. The summed E-state index contributed by atoms with van der Waals surface area (Å²) in [4.78, 5) is 14.2. The predicted octanol–water partition coefficient (Wildman–Crippen LogP) is 2.86. The van der Waals surface area contributed by atoms with Gasteiger partial charge in [-0.3, -0.25) is 4.79 Å². The number of carbonyl (C=O) groups is 1. The van der Waals surface area contributed by atoms with Crippen molar-refractivity contribution in [3.8, 4) is 0 Å².